The number of hydrogen-bond donors (Lipinski definition) is 2. The first-order chi connectivity index (χ1) is 18.3. The van der Waals surface area contributed by atoms with Crippen molar-refractivity contribution in [3.63, 3.8) is 0 Å². The van der Waals surface area contributed by atoms with Crippen molar-refractivity contribution in [2.24, 2.45) is 0 Å². The highest BCUT2D eigenvalue weighted by Crippen LogP contribution is 2.29. The highest BCUT2D eigenvalue weighted by atomic mass is 32.2. The molecule has 1 amide bonds. The number of benzene rings is 2. The Balaban J connectivity index is 0.00000118. The van der Waals surface area contributed by atoms with E-state index in [1.807, 2.05) is 56.5 Å². The maximum Gasteiger partial charge on any atom is 0.326 e. The summed E-state index contributed by atoms with van der Waals surface area (Å²) in [7, 11) is 1.68. The van der Waals surface area contributed by atoms with Crippen molar-refractivity contribution in [1.82, 2.24) is 5.32 Å². The van der Waals surface area contributed by atoms with Crippen molar-refractivity contribution in [3.05, 3.63) is 81.0 Å². The fourth-order valence-corrected chi connectivity index (χ4v) is 5.03. The monoisotopic (exact) mass is 557 g/mol. The number of hydrogen-bond acceptors (Lipinski definition) is 6. The second kappa shape index (κ2) is 17.0. The van der Waals surface area contributed by atoms with Gasteiger partial charge >= 0.3 is 5.97 Å². The lowest BCUT2D eigenvalue weighted by molar-refractivity contribution is -0.139. The van der Waals surface area contributed by atoms with E-state index in [1.165, 1.54) is 9.75 Å². The highest BCUT2D eigenvalue weighted by molar-refractivity contribution is 7.98. The van der Waals surface area contributed by atoms with Gasteiger partial charge in [0.05, 0.1) is 13.2 Å². The van der Waals surface area contributed by atoms with E-state index in [-0.39, 0.29) is 5.91 Å². The molecule has 1 atom stereocenters. The number of amides is 1. The summed E-state index contributed by atoms with van der Waals surface area (Å²) in [5.41, 5.74) is 4.17. The third-order valence-corrected chi connectivity index (χ3v) is 7.69. The van der Waals surface area contributed by atoms with Gasteiger partial charge in [0.2, 0.25) is 0 Å². The van der Waals surface area contributed by atoms with Gasteiger partial charge in [0.1, 0.15) is 6.04 Å². The van der Waals surface area contributed by atoms with Gasteiger partial charge in [0, 0.05) is 29.0 Å². The third-order valence-electron chi connectivity index (χ3n) is 5.85. The largest absolute Gasteiger partial charge is 0.480 e. The number of ether oxygens (including phenoxy) is 2. The van der Waals surface area contributed by atoms with Gasteiger partial charge in [-0.15, -0.1) is 11.3 Å². The molecule has 0 bridgehead atoms. The molecule has 0 aliphatic heterocycles. The summed E-state index contributed by atoms with van der Waals surface area (Å²) in [6.45, 7) is 7.89. The van der Waals surface area contributed by atoms with E-state index in [4.69, 9.17) is 4.74 Å². The number of carbonyl (C=O) groups excluding carboxylic acids is 1. The summed E-state index contributed by atoms with van der Waals surface area (Å²) >= 11 is 3.32. The van der Waals surface area contributed by atoms with Crippen LogP contribution in [0.2, 0.25) is 0 Å². The zero-order valence-corrected chi connectivity index (χ0v) is 24.5. The molecule has 0 saturated heterocycles. The van der Waals surface area contributed by atoms with Crippen LogP contribution in [0.1, 0.15) is 51.5 Å². The second-order valence-electron chi connectivity index (χ2n) is 8.63. The lowest BCUT2D eigenvalue weighted by Crippen LogP contribution is -2.41. The van der Waals surface area contributed by atoms with Crippen molar-refractivity contribution in [2.75, 3.05) is 25.7 Å². The normalized spacial score (nSPS) is 11.4. The summed E-state index contributed by atoms with van der Waals surface area (Å²) in [6.07, 6.45) is 3.31. The van der Waals surface area contributed by atoms with Crippen LogP contribution in [0.5, 0.6) is 0 Å². The molecule has 2 aromatic carbocycles. The van der Waals surface area contributed by atoms with Crippen LogP contribution in [0.4, 0.5) is 0 Å². The van der Waals surface area contributed by atoms with E-state index in [0.29, 0.717) is 31.0 Å². The van der Waals surface area contributed by atoms with Crippen molar-refractivity contribution >= 4 is 35.0 Å². The van der Waals surface area contributed by atoms with Crippen LogP contribution in [0, 0.1) is 6.92 Å². The van der Waals surface area contributed by atoms with Gasteiger partial charge in [0.25, 0.3) is 5.91 Å². The van der Waals surface area contributed by atoms with Gasteiger partial charge in [0.15, 0.2) is 0 Å². The average molecular weight is 558 g/mol. The second-order valence-corrected chi connectivity index (χ2v) is 10.9. The van der Waals surface area contributed by atoms with Crippen LogP contribution in [0.3, 0.4) is 0 Å². The average Bonchev–Trinajstić information content (AvgIpc) is 3.39. The standard InChI is InChI=1S/C27H31NO4S2.C3H8O/c1-4-20-10-11-21(34-20)17-32-16-19-9-12-23(24(15-19)22-8-6-5-7-18(22)2)26(29)28-25(27(30)31)13-14-33-3;1-3-4-2/h5-12,15,25H,4,13-14,16-17H2,1-3H3,(H,28,29)(H,30,31);3H2,1-2H3. The topological polar surface area (TPSA) is 84.9 Å². The quantitative estimate of drug-likeness (QED) is 0.247. The van der Waals surface area contributed by atoms with E-state index in [9.17, 15) is 14.7 Å². The lowest BCUT2D eigenvalue weighted by atomic mass is 9.93. The van der Waals surface area contributed by atoms with Gasteiger partial charge in [-0.05, 0) is 85.2 Å². The Bertz CT molecular complexity index is 1160. The number of aryl methyl sites for hydroxylation is 2. The first-order valence-electron chi connectivity index (χ1n) is 12.7. The summed E-state index contributed by atoms with van der Waals surface area (Å²) in [6, 6.07) is 16.8. The molecule has 1 heterocycles. The van der Waals surface area contributed by atoms with E-state index >= 15 is 0 Å². The Morgan fingerprint density at radius 2 is 1.74 bits per heavy atom. The molecule has 8 heteroatoms. The van der Waals surface area contributed by atoms with Crippen LogP contribution in [-0.4, -0.2) is 48.8 Å². The Morgan fingerprint density at radius 3 is 2.34 bits per heavy atom. The number of carbonyl (C=O) groups is 2. The van der Waals surface area contributed by atoms with Crippen molar-refractivity contribution in [3.8, 4) is 11.1 Å². The molecule has 6 nitrogen and oxygen atoms in total. The zero-order valence-electron chi connectivity index (χ0n) is 22.9. The molecule has 0 saturated carbocycles. The first-order valence-corrected chi connectivity index (χ1v) is 14.9. The molecule has 1 unspecified atom stereocenters. The van der Waals surface area contributed by atoms with E-state index in [0.717, 1.165) is 35.3 Å². The third kappa shape index (κ3) is 9.91. The summed E-state index contributed by atoms with van der Waals surface area (Å²) in [4.78, 5) is 27.3. The van der Waals surface area contributed by atoms with Gasteiger partial charge in [-0.1, -0.05) is 37.3 Å². The molecule has 1 aromatic heterocycles. The first kappa shape index (κ1) is 31.6. The predicted octanol–water partition coefficient (Wildman–Crippen LogP) is 6.59. The number of aliphatic carboxylic acids is 1. The Hall–Kier alpha value is -2.65. The fourth-order valence-electron chi connectivity index (χ4n) is 3.67. The van der Waals surface area contributed by atoms with E-state index < -0.39 is 12.0 Å². The van der Waals surface area contributed by atoms with Crippen molar-refractivity contribution in [2.45, 2.75) is 52.9 Å². The molecule has 206 valence electrons. The molecular weight excluding hydrogens is 518 g/mol. The number of carboxylic acids is 1. The molecule has 0 aliphatic carbocycles. The molecule has 0 fully saturated rings. The minimum Gasteiger partial charge on any atom is -0.480 e. The van der Waals surface area contributed by atoms with Crippen LogP contribution in [-0.2, 0) is 33.9 Å². The number of thioether (sulfide) groups is 1. The van der Waals surface area contributed by atoms with E-state index in [2.05, 4.69) is 29.1 Å². The SMILES string of the molecule is CCOC.CCc1ccc(COCc2ccc(C(=O)NC(CCSC)C(=O)O)c(-c3ccccc3C)c2)s1. The summed E-state index contributed by atoms with van der Waals surface area (Å²) < 4.78 is 10.5. The number of rotatable bonds is 13. The molecule has 3 aromatic rings. The van der Waals surface area contributed by atoms with Crippen LogP contribution < -0.4 is 5.32 Å². The molecule has 0 aliphatic rings. The number of methoxy groups -OCH3 is 1. The number of thiophene rings is 1. The van der Waals surface area contributed by atoms with Crippen LogP contribution >= 0.6 is 23.1 Å². The van der Waals surface area contributed by atoms with Gasteiger partial charge < -0.3 is 19.9 Å². The van der Waals surface area contributed by atoms with Crippen molar-refractivity contribution in [1.29, 1.82) is 0 Å². The number of nitrogens with one attached hydrogen (secondary N) is 1. The molecule has 0 spiro atoms. The Morgan fingerprint density at radius 1 is 1.03 bits per heavy atom. The van der Waals surface area contributed by atoms with Crippen molar-refractivity contribution < 1.29 is 24.2 Å². The van der Waals surface area contributed by atoms with Crippen LogP contribution in [0.15, 0.2) is 54.6 Å². The maximum atomic E-state index is 13.2. The summed E-state index contributed by atoms with van der Waals surface area (Å²) in [5, 5.41) is 12.2. The smallest absolute Gasteiger partial charge is 0.326 e. The number of carboxylic acid groups (broad SMARTS) is 1. The van der Waals surface area contributed by atoms with Crippen LogP contribution in [0.25, 0.3) is 11.1 Å². The Labute approximate surface area is 234 Å². The summed E-state index contributed by atoms with van der Waals surface area (Å²) in [5.74, 6) is -0.753. The lowest BCUT2D eigenvalue weighted by Gasteiger charge is -2.17. The van der Waals surface area contributed by atoms with Gasteiger partial charge in [-0.25, -0.2) is 4.79 Å². The molecular formula is C30H39NO5S2. The molecule has 38 heavy (non-hydrogen) atoms. The predicted molar refractivity (Wildman–Crippen MR) is 158 cm³/mol. The molecule has 3 rings (SSSR count). The highest BCUT2D eigenvalue weighted by Gasteiger charge is 2.22. The maximum absolute atomic E-state index is 13.2. The minimum absolute atomic E-state index is 0.371. The van der Waals surface area contributed by atoms with E-state index in [1.54, 1.807) is 36.3 Å². The van der Waals surface area contributed by atoms with Gasteiger partial charge in [-0.2, -0.15) is 11.8 Å². The fraction of sp³-hybridized carbons (Fsp3) is 0.400. The molecule has 0 radical (unpaired) electrons. The minimum atomic E-state index is -1.02. The Kier molecular flexibility index (Phi) is 14.2. The van der Waals surface area contributed by atoms with Gasteiger partial charge in [-0.3, -0.25) is 4.79 Å². The molecule has 2 N–H and O–H groups in total. The zero-order chi connectivity index (χ0) is 27.9.